The molecule has 1 aromatic rings. The van der Waals surface area contributed by atoms with Gasteiger partial charge in [0.2, 0.25) is 15.9 Å². The van der Waals surface area contributed by atoms with Crippen molar-refractivity contribution < 1.29 is 22.7 Å². The van der Waals surface area contributed by atoms with Crippen molar-refractivity contribution in [2.24, 2.45) is 0 Å². The van der Waals surface area contributed by atoms with E-state index in [4.69, 9.17) is 9.47 Å². The fraction of sp³-hybridized carbons (Fsp3) is 0.462. The third-order valence-electron chi connectivity index (χ3n) is 2.76. The van der Waals surface area contributed by atoms with Crippen molar-refractivity contribution in [3.63, 3.8) is 0 Å². The number of ether oxygens (including phenoxy) is 2. The van der Waals surface area contributed by atoms with Crippen LogP contribution >= 0.6 is 0 Å². The van der Waals surface area contributed by atoms with E-state index in [-0.39, 0.29) is 17.3 Å². The number of carbonyl (C=O) groups excluding carboxylic acids is 1. The number of hydrogen-bond donors (Lipinski definition) is 1. The molecule has 8 heteroatoms. The zero-order valence-electron chi connectivity index (χ0n) is 12.3. The second kappa shape index (κ2) is 7.96. The molecule has 0 saturated carbocycles. The van der Waals surface area contributed by atoms with Crippen molar-refractivity contribution in [3.05, 3.63) is 24.3 Å². The van der Waals surface area contributed by atoms with Gasteiger partial charge >= 0.3 is 0 Å². The molecule has 0 atom stereocenters. The topological polar surface area (TPSA) is 84.9 Å². The third-order valence-corrected chi connectivity index (χ3v) is 4.58. The van der Waals surface area contributed by atoms with Gasteiger partial charge in [-0.25, -0.2) is 8.42 Å². The molecule has 118 valence electrons. The highest BCUT2D eigenvalue weighted by Gasteiger charge is 2.22. The highest BCUT2D eigenvalue weighted by atomic mass is 32.2. The molecule has 0 aliphatic heterocycles. The number of likely N-dealkylation sites (N-methyl/N-ethyl adjacent to an activating group) is 1. The van der Waals surface area contributed by atoms with Crippen LogP contribution in [0.2, 0.25) is 0 Å². The number of rotatable bonds is 8. The zero-order valence-corrected chi connectivity index (χ0v) is 13.1. The molecule has 0 aliphatic carbocycles. The average molecular weight is 316 g/mol. The Morgan fingerprint density at radius 3 is 2.38 bits per heavy atom. The van der Waals surface area contributed by atoms with Gasteiger partial charge in [-0.05, 0) is 24.3 Å². The molecule has 1 amide bonds. The number of nitrogens with zero attached hydrogens (tertiary/aromatic N) is 1. The van der Waals surface area contributed by atoms with Crippen LogP contribution in [0.4, 0.5) is 0 Å². The van der Waals surface area contributed by atoms with Crippen LogP contribution in [-0.4, -0.2) is 59.6 Å². The Kier molecular flexibility index (Phi) is 6.60. The molecule has 1 rings (SSSR count). The number of methoxy groups -OCH3 is 2. The normalized spacial score (nSPS) is 11.4. The molecule has 0 aromatic heterocycles. The first kappa shape index (κ1) is 17.4. The van der Waals surface area contributed by atoms with E-state index in [0.29, 0.717) is 18.9 Å². The smallest absolute Gasteiger partial charge is 0.243 e. The predicted molar refractivity (Wildman–Crippen MR) is 77.7 cm³/mol. The lowest BCUT2D eigenvalue weighted by Gasteiger charge is -2.17. The fourth-order valence-electron chi connectivity index (χ4n) is 1.56. The first-order valence-electron chi connectivity index (χ1n) is 6.28. The quantitative estimate of drug-likeness (QED) is 0.687. The number of carbonyl (C=O) groups is 1. The van der Waals surface area contributed by atoms with Crippen LogP contribution in [0, 0.1) is 0 Å². The fourth-order valence-corrected chi connectivity index (χ4v) is 2.69. The summed E-state index contributed by atoms with van der Waals surface area (Å²) >= 11 is 0. The SMILES string of the molecule is COCCNC(=O)CN(C)S(=O)(=O)c1ccc(OC)cc1. The molecule has 0 saturated heterocycles. The Morgan fingerprint density at radius 1 is 1.24 bits per heavy atom. The van der Waals surface area contributed by atoms with Crippen LogP contribution in [0.25, 0.3) is 0 Å². The number of amides is 1. The Balaban J connectivity index is 2.70. The molecule has 0 unspecified atom stereocenters. The van der Waals surface area contributed by atoms with Crippen LogP contribution < -0.4 is 10.1 Å². The van der Waals surface area contributed by atoms with Gasteiger partial charge < -0.3 is 14.8 Å². The highest BCUT2D eigenvalue weighted by Crippen LogP contribution is 2.18. The molecule has 0 heterocycles. The van der Waals surface area contributed by atoms with Crippen molar-refractivity contribution in [2.45, 2.75) is 4.90 Å². The number of hydrogen-bond acceptors (Lipinski definition) is 5. The molecule has 7 nitrogen and oxygen atoms in total. The monoisotopic (exact) mass is 316 g/mol. The Morgan fingerprint density at radius 2 is 1.86 bits per heavy atom. The van der Waals surface area contributed by atoms with Crippen molar-refractivity contribution in [1.82, 2.24) is 9.62 Å². The van der Waals surface area contributed by atoms with E-state index in [0.717, 1.165) is 4.31 Å². The lowest BCUT2D eigenvalue weighted by Crippen LogP contribution is -2.39. The summed E-state index contributed by atoms with van der Waals surface area (Å²) in [7, 11) is 0.673. The van der Waals surface area contributed by atoms with Gasteiger partial charge in [-0.2, -0.15) is 4.31 Å². The number of nitrogens with one attached hydrogen (secondary N) is 1. The summed E-state index contributed by atoms with van der Waals surface area (Å²) in [6.07, 6.45) is 0. The van der Waals surface area contributed by atoms with Crippen molar-refractivity contribution in [3.8, 4) is 5.75 Å². The molecule has 0 aliphatic rings. The summed E-state index contributed by atoms with van der Waals surface area (Å²) in [4.78, 5) is 11.7. The maximum absolute atomic E-state index is 12.3. The van der Waals surface area contributed by atoms with E-state index in [1.807, 2.05) is 0 Å². The molecular formula is C13H20N2O5S. The standard InChI is InChI=1S/C13H20N2O5S/c1-15(10-13(16)14-8-9-19-2)21(17,18)12-6-4-11(20-3)5-7-12/h4-7H,8-10H2,1-3H3,(H,14,16). The van der Waals surface area contributed by atoms with Gasteiger partial charge in [-0.3, -0.25) is 4.79 Å². The first-order valence-corrected chi connectivity index (χ1v) is 7.72. The van der Waals surface area contributed by atoms with Crippen LogP contribution in [0.1, 0.15) is 0 Å². The second-order valence-corrected chi connectivity index (χ2v) is 6.32. The number of benzene rings is 1. The van der Waals surface area contributed by atoms with Crippen molar-refractivity contribution in [1.29, 1.82) is 0 Å². The minimum Gasteiger partial charge on any atom is -0.497 e. The van der Waals surface area contributed by atoms with E-state index in [1.165, 1.54) is 33.4 Å². The summed E-state index contributed by atoms with van der Waals surface area (Å²) in [5, 5.41) is 2.57. The maximum Gasteiger partial charge on any atom is 0.243 e. The lowest BCUT2D eigenvalue weighted by molar-refractivity contribution is -0.121. The minimum atomic E-state index is -3.70. The van der Waals surface area contributed by atoms with Crippen LogP contribution in [0.15, 0.2) is 29.2 Å². The van der Waals surface area contributed by atoms with Gasteiger partial charge in [0.05, 0.1) is 25.2 Å². The van der Waals surface area contributed by atoms with Gasteiger partial charge in [0.1, 0.15) is 5.75 Å². The number of sulfonamides is 1. The summed E-state index contributed by atoms with van der Waals surface area (Å²) in [6.45, 7) is 0.463. The average Bonchev–Trinajstić information content (AvgIpc) is 2.47. The molecule has 1 aromatic carbocycles. The van der Waals surface area contributed by atoms with Gasteiger partial charge in [0.25, 0.3) is 0 Å². The second-order valence-electron chi connectivity index (χ2n) is 4.28. The Labute approximate surface area is 124 Å². The molecule has 0 radical (unpaired) electrons. The van der Waals surface area contributed by atoms with Crippen LogP contribution in [-0.2, 0) is 19.6 Å². The third kappa shape index (κ3) is 5.00. The molecule has 1 N–H and O–H groups in total. The zero-order chi connectivity index (χ0) is 15.9. The van der Waals surface area contributed by atoms with E-state index in [9.17, 15) is 13.2 Å². The van der Waals surface area contributed by atoms with Gasteiger partial charge in [-0.15, -0.1) is 0 Å². The summed E-state index contributed by atoms with van der Waals surface area (Å²) in [5.74, 6) is 0.181. The van der Waals surface area contributed by atoms with Crippen molar-refractivity contribution in [2.75, 3.05) is 41.0 Å². The molecule has 0 spiro atoms. The first-order chi connectivity index (χ1) is 9.91. The van der Waals surface area contributed by atoms with E-state index >= 15 is 0 Å². The van der Waals surface area contributed by atoms with Crippen LogP contribution in [0.3, 0.4) is 0 Å². The maximum atomic E-state index is 12.3. The largest absolute Gasteiger partial charge is 0.497 e. The van der Waals surface area contributed by atoms with Crippen LogP contribution in [0.5, 0.6) is 5.75 Å². The van der Waals surface area contributed by atoms with Gasteiger partial charge in [0, 0.05) is 20.7 Å². The van der Waals surface area contributed by atoms with E-state index < -0.39 is 10.0 Å². The van der Waals surface area contributed by atoms with Gasteiger partial charge in [0.15, 0.2) is 0 Å². The summed E-state index contributed by atoms with van der Waals surface area (Å²) in [5.41, 5.74) is 0. The molecule has 0 bridgehead atoms. The summed E-state index contributed by atoms with van der Waals surface area (Å²) in [6, 6.07) is 5.99. The van der Waals surface area contributed by atoms with Gasteiger partial charge in [-0.1, -0.05) is 0 Å². The minimum absolute atomic E-state index is 0.107. The van der Waals surface area contributed by atoms with E-state index in [1.54, 1.807) is 12.1 Å². The molecular weight excluding hydrogens is 296 g/mol. The van der Waals surface area contributed by atoms with E-state index in [2.05, 4.69) is 5.32 Å². The Hall–Kier alpha value is -1.64. The highest BCUT2D eigenvalue weighted by molar-refractivity contribution is 7.89. The lowest BCUT2D eigenvalue weighted by atomic mass is 10.3. The molecule has 0 fully saturated rings. The predicted octanol–water partition coefficient (Wildman–Crippen LogP) is 0.0783. The van der Waals surface area contributed by atoms with Crippen molar-refractivity contribution >= 4 is 15.9 Å². The summed E-state index contributed by atoms with van der Waals surface area (Å²) < 4.78 is 35.3. The molecule has 21 heavy (non-hydrogen) atoms. The Bertz CT molecular complexity index is 556.